The molecule has 0 radical (unpaired) electrons. The van der Waals surface area contributed by atoms with Gasteiger partial charge in [-0.2, -0.15) is 0 Å². The lowest BCUT2D eigenvalue weighted by Crippen LogP contribution is -2.27. The summed E-state index contributed by atoms with van der Waals surface area (Å²) in [6.07, 6.45) is 1.19. The first-order valence-corrected chi connectivity index (χ1v) is 6.38. The number of hydrogen-bond acceptors (Lipinski definition) is 5. The zero-order valence-corrected chi connectivity index (χ0v) is 10.2. The standard InChI is InChI=1S/C10H18N4S/c1-8(2)9-12-13-10(15-9)14-6-3-4-11-5-7-14/h8,11H,3-7H2,1-2H3. The smallest absolute Gasteiger partial charge is 0.208 e. The molecule has 1 aromatic heterocycles. The van der Waals surface area contributed by atoms with Crippen LogP contribution in [0.15, 0.2) is 0 Å². The number of hydrogen-bond donors (Lipinski definition) is 1. The van der Waals surface area contributed by atoms with Gasteiger partial charge in [0.15, 0.2) is 0 Å². The molecule has 0 amide bonds. The van der Waals surface area contributed by atoms with Crippen molar-refractivity contribution in [2.24, 2.45) is 0 Å². The second-order valence-electron chi connectivity index (χ2n) is 4.17. The number of nitrogens with one attached hydrogen (secondary N) is 1. The minimum atomic E-state index is 0.487. The molecule has 0 aromatic carbocycles. The molecular formula is C10H18N4S. The highest BCUT2D eigenvalue weighted by Gasteiger charge is 2.15. The summed E-state index contributed by atoms with van der Waals surface area (Å²) < 4.78 is 0. The Morgan fingerprint density at radius 3 is 2.87 bits per heavy atom. The average Bonchev–Trinajstić information content (AvgIpc) is 2.55. The summed E-state index contributed by atoms with van der Waals surface area (Å²) in [5.74, 6) is 0.487. The van der Waals surface area contributed by atoms with Crippen LogP contribution in [0, 0.1) is 0 Å². The van der Waals surface area contributed by atoms with Gasteiger partial charge in [0.25, 0.3) is 0 Å². The molecule has 5 heteroatoms. The molecule has 1 fully saturated rings. The summed E-state index contributed by atoms with van der Waals surface area (Å²) in [5.41, 5.74) is 0. The highest BCUT2D eigenvalue weighted by atomic mass is 32.1. The minimum Gasteiger partial charge on any atom is -0.345 e. The Labute approximate surface area is 94.7 Å². The van der Waals surface area contributed by atoms with Crippen LogP contribution < -0.4 is 10.2 Å². The zero-order chi connectivity index (χ0) is 10.7. The number of nitrogens with zero attached hydrogens (tertiary/aromatic N) is 3. The van der Waals surface area contributed by atoms with Gasteiger partial charge in [0.1, 0.15) is 5.01 Å². The van der Waals surface area contributed by atoms with Crippen LogP contribution in [0.5, 0.6) is 0 Å². The molecule has 1 aliphatic heterocycles. The lowest BCUT2D eigenvalue weighted by Gasteiger charge is -2.17. The molecule has 0 spiro atoms. The van der Waals surface area contributed by atoms with Crippen LogP contribution in [0.3, 0.4) is 0 Å². The second-order valence-corrected chi connectivity index (χ2v) is 5.16. The van der Waals surface area contributed by atoms with Gasteiger partial charge in [0.2, 0.25) is 5.13 Å². The van der Waals surface area contributed by atoms with Gasteiger partial charge < -0.3 is 10.2 Å². The summed E-state index contributed by atoms with van der Waals surface area (Å²) in [4.78, 5) is 2.34. The third-order valence-corrected chi connectivity index (χ3v) is 3.82. The maximum absolute atomic E-state index is 4.27. The highest BCUT2D eigenvalue weighted by Crippen LogP contribution is 2.25. The molecule has 0 bridgehead atoms. The van der Waals surface area contributed by atoms with Crippen LogP contribution in [0.2, 0.25) is 0 Å². The molecule has 0 unspecified atom stereocenters. The quantitative estimate of drug-likeness (QED) is 0.829. The molecule has 0 saturated carbocycles. The van der Waals surface area contributed by atoms with Crippen molar-refractivity contribution in [2.75, 3.05) is 31.1 Å². The molecule has 84 valence electrons. The van der Waals surface area contributed by atoms with E-state index >= 15 is 0 Å². The van der Waals surface area contributed by atoms with Gasteiger partial charge in [-0.3, -0.25) is 0 Å². The largest absolute Gasteiger partial charge is 0.345 e. The van der Waals surface area contributed by atoms with Gasteiger partial charge in [0.05, 0.1) is 0 Å². The summed E-state index contributed by atoms with van der Waals surface area (Å²) >= 11 is 1.73. The summed E-state index contributed by atoms with van der Waals surface area (Å²) in [5, 5.41) is 14.1. The SMILES string of the molecule is CC(C)c1nnc(N2CCCNCC2)s1. The highest BCUT2D eigenvalue weighted by molar-refractivity contribution is 7.15. The van der Waals surface area contributed by atoms with Crippen LogP contribution in [-0.2, 0) is 0 Å². The van der Waals surface area contributed by atoms with Crippen molar-refractivity contribution in [3.63, 3.8) is 0 Å². The Balaban J connectivity index is 2.06. The first-order valence-electron chi connectivity index (χ1n) is 5.56. The van der Waals surface area contributed by atoms with Gasteiger partial charge in [-0.05, 0) is 13.0 Å². The lowest BCUT2D eigenvalue weighted by molar-refractivity contribution is 0.724. The monoisotopic (exact) mass is 226 g/mol. The van der Waals surface area contributed by atoms with E-state index in [0.29, 0.717) is 5.92 Å². The van der Waals surface area contributed by atoms with E-state index in [2.05, 4.69) is 34.3 Å². The molecule has 2 rings (SSSR count). The van der Waals surface area contributed by atoms with E-state index in [1.54, 1.807) is 11.3 Å². The molecule has 15 heavy (non-hydrogen) atoms. The van der Waals surface area contributed by atoms with Crippen molar-refractivity contribution < 1.29 is 0 Å². The van der Waals surface area contributed by atoms with Gasteiger partial charge in [-0.15, -0.1) is 10.2 Å². The summed E-state index contributed by atoms with van der Waals surface area (Å²) in [6, 6.07) is 0. The van der Waals surface area contributed by atoms with Crippen LogP contribution >= 0.6 is 11.3 Å². The van der Waals surface area contributed by atoms with Crippen LogP contribution in [0.4, 0.5) is 5.13 Å². The van der Waals surface area contributed by atoms with Crippen LogP contribution in [0.25, 0.3) is 0 Å². The van der Waals surface area contributed by atoms with Crippen LogP contribution in [0.1, 0.15) is 31.2 Å². The van der Waals surface area contributed by atoms with Gasteiger partial charge in [-0.1, -0.05) is 25.2 Å². The lowest BCUT2D eigenvalue weighted by atomic mass is 10.2. The Hall–Kier alpha value is -0.680. The zero-order valence-electron chi connectivity index (χ0n) is 9.36. The fourth-order valence-electron chi connectivity index (χ4n) is 1.62. The van der Waals surface area contributed by atoms with Gasteiger partial charge in [0, 0.05) is 25.6 Å². The van der Waals surface area contributed by atoms with Crippen molar-refractivity contribution in [3.05, 3.63) is 5.01 Å². The van der Waals surface area contributed by atoms with E-state index in [0.717, 1.165) is 36.3 Å². The molecule has 1 saturated heterocycles. The third kappa shape index (κ3) is 2.66. The van der Waals surface area contributed by atoms with Crippen LogP contribution in [-0.4, -0.2) is 36.4 Å². The first kappa shape index (κ1) is 10.8. The first-order chi connectivity index (χ1) is 7.27. The van der Waals surface area contributed by atoms with Crippen molar-refractivity contribution >= 4 is 16.5 Å². The number of rotatable bonds is 2. The van der Waals surface area contributed by atoms with E-state index in [9.17, 15) is 0 Å². The maximum Gasteiger partial charge on any atom is 0.208 e. The predicted octanol–water partition coefficient (Wildman–Crippen LogP) is 1.46. The Morgan fingerprint density at radius 1 is 1.27 bits per heavy atom. The van der Waals surface area contributed by atoms with Crippen molar-refractivity contribution in [1.82, 2.24) is 15.5 Å². The second kappa shape index (κ2) is 4.90. The topological polar surface area (TPSA) is 41.1 Å². The van der Waals surface area contributed by atoms with E-state index in [-0.39, 0.29) is 0 Å². The van der Waals surface area contributed by atoms with Crippen molar-refractivity contribution in [3.8, 4) is 0 Å². The van der Waals surface area contributed by atoms with E-state index in [1.165, 1.54) is 6.42 Å². The fraction of sp³-hybridized carbons (Fsp3) is 0.800. The number of aromatic nitrogens is 2. The molecular weight excluding hydrogens is 208 g/mol. The Morgan fingerprint density at radius 2 is 2.13 bits per heavy atom. The summed E-state index contributed by atoms with van der Waals surface area (Å²) in [7, 11) is 0. The van der Waals surface area contributed by atoms with E-state index in [4.69, 9.17) is 0 Å². The Kier molecular flexibility index (Phi) is 3.53. The normalized spacial score (nSPS) is 18.2. The van der Waals surface area contributed by atoms with Crippen molar-refractivity contribution in [1.29, 1.82) is 0 Å². The molecule has 1 N–H and O–H groups in total. The predicted molar refractivity (Wildman–Crippen MR) is 63.7 cm³/mol. The molecule has 1 aromatic rings. The number of anilines is 1. The minimum absolute atomic E-state index is 0.487. The van der Waals surface area contributed by atoms with Gasteiger partial charge in [-0.25, -0.2) is 0 Å². The molecule has 0 aliphatic carbocycles. The fourth-order valence-corrected chi connectivity index (χ4v) is 2.52. The average molecular weight is 226 g/mol. The maximum atomic E-state index is 4.27. The molecule has 4 nitrogen and oxygen atoms in total. The van der Waals surface area contributed by atoms with Crippen molar-refractivity contribution in [2.45, 2.75) is 26.2 Å². The molecule has 0 atom stereocenters. The summed E-state index contributed by atoms with van der Waals surface area (Å²) in [6.45, 7) is 8.64. The Bertz CT molecular complexity index is 302. The molecule has 1 aliphatic rings. The van der Waals surface area contributed by atoms with E-state index < -0.39 is 0 Å². The third-order valence-electron chi connectivity index (χ3n) is 2.53. The van der Waals surface area contributed by atoms with Gasteiger partial charge >= 0.3 is 0 Å². The molecule has 2 heterocycles. The van der Waals surface area contributed by atoms with E-state index in [1.807, 2.05) is 0 Å².